The first-order valence-electron chi connectivity index (χ1n) is 7.65. The van der Waals surface area contributed by atoms with Crippen LogP contribution < -0.4 is 10.6 Å². The van der Waals surface area contributed by atoms with Crippen molar-refractivity contribution in [1.82, 2.24) is 15.3 Å². The lowest BCUT2D eigenvalue weighted by molar-refractivity contribution is -0.121. The van der Waals surface area contributed by atoms with Gasteiger partial charge in [-0.05, 0) is 35.6 Å². The summed E-state index contributed by atoms with van der Waals surface area (Å²) in [4.78, 5) is 32.8. The van der Waals surface area contributed by atoms with E-state index >= 15 is 0 Å². The molecule has 128 valence electrons. The predicted octanol–water partition coefficient (Wildman–Crippen LogP) is 3.10. The maximum absolute atomic E-state index is 12.0. The predicted molar refractivity (Wildman–Crippen MR) is 98.8 cm³/mol. The first-order chi connectivity index (χ1) is 12.2. The average molecular weight is 372 g/mol. The highest BCUT2D eigenvalue weighted by molar-refractivity contribution is 7.14. The van der Waals surface area contributed by atoms with Crippen molar-refractivity contribution in [1.29, 1.82) is 0 Å². The van der Waals surface area contributed by atoms with Gasteiger partial charge in [-0.1, -0.05) is 6.07 Å². The van der Waals surface area contributed by atoms with Crippen LogP contribution >= 0.6 is 22.7 Å². The molecular formula is C17H16N4O2S2. The van der Waals surface area contributed by atoms with Gasteiger partial charge in [0.1, 0.15) is 0 Å². The van der Waals surface area contributed by atoms with Crippen LogP contribution in [0.3, 0.4) is 0 Å². The lowest BCUT2D eigenvalue weighted by Crippen LogP contribution is -2.23. The fraction of sp³-hybridized carbons (Fsp3) is 0.176. The van der Waals surface area contributed by atoms with Crippen molar-refractivity contribution in [3.05, 3.63) is 63.6 Å². The van der Waals surface area contributed by atoms with Crippen LogP contribution in [0.15, 0.2) is 47.4 Å². The normalized spacial score (nSPS) is 10.4. The van der Waals surface area contributed by atoms with Crippen molar-refractivity contribution in [2.24, 2.45) is 0 Å². The molecule has 0 atom stereocenters. The quantitative estimate of drug-likeness (QED) is 0.667. The Morgan fingerprint density at radius 2 is 1.96 bits per heavy atom. The molecule has 0 radical (unpaired) electrons. The second-order valence-electron chi connectivity index (χ2n) is 5.21. The molecule has 0 unspecified atom stereocenters. The number of hydrogen-bond acceptors (Lipinski definition) is 6. The monoisotopic (exact) mass is 372 g/mol. The van der Waals surface area contributed by atoms with Gasteiger partial charge in [0.15, 0.2) is 5.13 Å². The van der Waals surface area contributed by atoms with E-state index in [1.165, 1.54) is 22.7 Å². The van der Waals surface area contributed by atoms with Crippen molar-refractivity contribution < 1.29 is 9.59 Å². The van der Waals surface area contributed by atoms with E-state index in [0.29, 0.717) is 29.4 Å². The van der Waals surface area contributed by atoms with E-state index in [1.54, 1.807) is 18.5 Å². The molecule has 0 aromatic carbocycles. The minimum absolute atomic E-state index is 0.0333. The number of thiophene rings is 1. The third-order valence-corrected chi connectivity index (χ3v) is 5.04. The Hall–Kier alpha value is -2.58. The van der Waals surface area contributed by atoms with Gasteiger partial charge < -0.3 is 5.32 Å². The molecule has 3 heterocycles. The van der Waals surface area contributed by atoms with Crippen molar-refractivity contribution in [3.8, 4) is 0 Å². The van der Waals surface area contributed by atoms with Crippen molar-refractivity contribution in [2.75, 3.05) is 5.32 Å². The summed E-state index contributed by atoms with van der Waals surface area (Å²) in [7, 11) is 0. The summed E-state index contributed by atoms with van der Waals surface area (Å²) in [5.41, 5.74) is 1.81. The molecular weight excluding hydrogens is 356 g/mol. The SMILES string of the molecule is O=C(CCc1csc(NC(=O)c2cccs2)n1)NCc1ccncc1. The summed E-state index contributed by atoms with van der Waals surface area (Å²) in [6.07, 6.45) is 4.28. The molecule has 0 fully saturated rings. The number of carbonyl (C=O) groups is 2. The van der Waals surface area contributed by atoms with E-state index < -0.39 is 0 Å². The molecule has 0 aliphatic rings. The van der Waals surface area contributed by atoms with Gasteiger partial charge in [-0.15, -0.1) is 22.7 Å². The Morgan fingerprint density at radius 1 is 1.12 bits per heavy atom. The van der Waals surface area contributed by atoms with Crippen LogP contribution in [0.5, 0.6) is 0 Å². The molecule has 3 aromatic rings. The molecule has 25 heavy (non-hydrogen) atoms. The van der Waals surface area contributed by atoms with Gasteiger partial charge >= 0.3 is 0 Å². The number of amides is 2. The molecule has 0 aliphatic carbocycles. The molecule has 0 spiro atoms. The number of anilines is 1. The van der Waals surface area contributed by atoms with E-state index in [2.05, 4.69) is 20.6 Å². The zero-order valence-electron chi connectivity index (χ0n) is 13.3. The Balaban J connectivity index is 1.43. The largest absolute Gasteiger partial charge is 0.352 e. The Bertz CT molecular complexity index is 831. The van der Waals surface area contributed by atoms with Crippen LogP contribution in [0.2, 0.25) is 0 Å². The first-order valence-corrected chi connectivity index (χ1v) is 9.41. The first kappa shape index (κ1) is 17.2. The topological polar surface area (TPSA) is 84.0 Å². The number of aromatic nitrogens is 2. The maximum Gasteiger partial charge on any atom is 0.267 e. The fourth-order valence-electron chi connectivity index (χ4n) is 2.08. The van der Waals surface area contributed by atoms with Crippen molar-refractivity contribution in [3.63, 3.8) is 0 Å². The van der Waals surface area contributed by atoms with E-state index in [9.17, 15) is 9.59 Å². The third-order valence-electron chi connectivity index (χ3n) is 3.36. The summed E-state index contributed by atoms with van der Waals surface area (Å²) < 4.78 is 0. The van der Waals surface area contributed by atoms with Crippen molar-refractivity contribution in [2.45, 2.75) is 19.4 Å². The smallest absolute Gasteiger partial charge is 0.267 e. The minimum Gasteiger partial charge on any atom is -0.352 e. The number of hydrogen-bond donors (Lipinski definition) is 2. The van der Waals surface area contributed by atoms with E-state index in [0.717, 1.165) is 11.3 Å². The zero-order valence-corrected chi connectivity index (χ0v) is 14.9. The molecule has 6 nitrogen and oxygen atoms in total. The highest BCUT2D eigenvalue weighted by Gasteiger charge is 2.10. The summed E-state index contributed by atoms with van der Waals surface area (Å²) in [6.45, 7) is 0.487. The molecule has 0 saturated carbocycles. The van der Waals surface area contributed by atoms with E-state index in [1.807, 2.05) is 29.0 Å². The molecule has 0 bridgehead atoms. The summed E-state index contributed by atoms with van der Waals surface area (Å²) in [6, 6.07) is 7.33. The molecule has 3 aromatic heterocycles. The van der Waals surface area contributed by atoms with Gasteiger partial charge in [-0.3, -0.25) is 19.9 Å². The van der Waals surface area contributed by atoms with Crippen LogP contribution in [0, 0.1) is 0 Å². The number of pyridine rings is 1. The van der Waals surface area contributed by atoms with Crippen molar-refractivity contribution >= 4 is 39.6 Å². The van der Waals surface area contributed by atoms with Crippen LogP contribution in [0.4, 0.5) is 5.13 Å². The van der Waals surface area contributed by atoms with Gasteiger partial charge in [0.25, 0.3) is 5.91 Å². The molecule has 3 rings (SSSR count). The number of nitrogens with one attached hydrogen (secondary N) is 2. The van der Waals surface area contributed by atoms with Gasteiger partial charge in [0.2, 0.25) is 5.91 Å². The number of aryl methyl sites for hydroxylation is 1. The zero-order chi connectivity index (χ0) is 17.5. The Kier molecular flexibility index (Phi) is 5.86. The molecule has 8 heteroatoms. The second-order valence-corrected chi connectivity index (χ2v) is 7.01. The maximum atomic E-state index is 12.0. The van der Waals surface area contributed by atoms with Crippen LogP contribution in [-0.4, -0.2) is 21.8 Å². The standard InChI is InChI=1S/C17H16N4O2S2/c22-15(19-10-12-5-7-18-8-6-12)4-3-13-11-25-17(20-13)21-16(23)14-2-1-9-24-14/h1-2,5-9,11H,3-4,10H2,(H,19,22)(H,20,21,23). The lowest BCUT2D eigenvalue weighted by atomic mass is 10.2. The lowest BCUT2D eigenvalue weighted by Gasteiger charge is -2.04. The Morgan fingerprint density at radius 3 is 2.72 bits per heavy atom. The number of nitrogens with zero attached hydrogens (tertiary/aromatic N) is 2. The average Bonchev–Trinajstić information content (AvgIpc) is 3.31. The van der Waals surface area contributed by atoms with Gasteiger partial charge in [-0.25, -0.2) is 4.98 Å². The van der Waals surface area contributed by atoms with E-state index in [4.69, 9.17) is 0 Å². The second kappa shape index (κ2) is 8.50. The van der Waals surface area contributed by atoms with Crippen LogP contribution in [-0.2, 0) is 17.8 Å². The van der Waals surface area contributed by atoms with E-state index in [-0.39, 0.29) is 11.8 Å². The van der Waals surface area contributed by atoms with Gasteiger partial charge in [-0.2, -0.15) is 0 Å². The molecule has 0 saturated heterocycles. The highest BCUT2D eigenvalue weighted by atomic mass is 32.1. The van der Waals surface area contributed by atoms with Gasteiger partial charge in [0, 0.05) is 30.7 Å². The summed E-state index contributed by atoms with van der Waals surface area (Å²) in [5, 5.41) is 9.90. The Labute approximate surface area is 153 Å². The van der Waals surface area contributed by atoms with Gasteiger partial charge in [0.05, 0.1) is 10.6 Å². The molecule has 2 amide bonds. The highest BCUT2D eigenvalue weighted by Crippen LogP contribution is 2.18. The minimum atomic E-state index is -0.161. The molecule has 2 N–H and O–H groups in total. The molecule has 0 aliphatic heterocycles. The third kappa shape index (κ3) is 5.20. The number of carbonyl (C=O) groups excluding carboxylic acids is 2. The summed E-state index contributed by atoms with van der Waals surface area (Å²) in [5.74, 6) is -0.194. The fourth-order valence-corrected chi connectivity index (χ4v) is 3.44. The summed E-state index contributed by atoms with van der Waals surface area (Å²) >= 11 is 2.74. The number of rotatable bonds is 7. The van der Waals surface area contributed by atoms with Crippen LogP contribution in [0.1, 0.15) is 27.3 Å². The van der Waals surface area contributed by atoms with Crippen LogP contribution in [0.25, 0.3) is 0 Å². The number of thiazole rings is 1.